The first-order valence-electron chi connectivity index (χ1n) is 6.15. The maximum absolute atomic E-state index is 11.9. The fourth-order valence-electron chi connectivity index (χ4n) is 2.16. The zero-order valence-corrected chi connectivity index (χ0v) is 10.9. The van der Waals surface area contributed by atoms with E-state index in [0.717, 1.165) is 19.3 Å². The zero-order valence-electron chi connectivity index (χ0n) is 10.9. The third-order valence-electron chi connectivity index (χ3n) is 3.42. The van der Waals surface area contributed by atoms with Crippen molar-refractivity contribution in [3.05, 3.63) is 0 Å². The average Bonchev–Trinajstić information content (AvgIpc) is 2.28. The molecular formula is C12H23N3O2. The highest BCUT2D eigenvalue weighted by atomic mass is 16.2. The normalized spacial score (nSPS) is 28.6. The Labute approximate surface area is 103 Å². The maximum atomic E-state index is 11.9. The van der Waals surface area contributed by atoms with Crippen LogP contribution in [0, 0.1) is 11.8 Å². The molecule has 2 amide bonds. The smallest absolute Gasteiger partial charge is 0.241 e. The topological polar surface area (TPSA) is 75.4 Å². The van der Waals surface area contributed by atoms with Gasteiger partial charge in [0.25, 0.3) is 0 Å². The summed E-state index contributed by atoms with van der Waals surface area (Å²) in [6.07, 6.45) is 2.80. The highest BCUT2D eigenvalue weighted by Gasteiger charge is 2.31. The number of amides is 2. The fourth-order valence-corrected chi connectivity index (χ4v) is 2.16. The number of hydrogen-bond acceptors (Lipinski definition) is 3. The van der Waals surface area contributed by atoms with Crippen molar-refractivity contribution in [3.8, 4) is 0 Å². The lowest BCUT2D eigenvalue weighted by molar-refractivity contribution is -0.133. The molecule has 0 radical (unpaired) electrons. The third-order valence-corrected chi connectivity index (χ3v) is 3.42. The van der Waals surface area contributed by atoms with Crippen molar-refractivity contribution in [1.82, 2.24) is 10.2 Å². The van der Waals surface area contributed by atoms with Gasteiger partial charge in [-0.3, -0.25) is 9.59 Å². The summed E-state index contributed by atoms with van der Waals surface area (Å²) in [5, 5.41) is 2.67. The van der Waals surface area contributed by atoms with Crippen LogP contribution in [0.1, 0.15) is 26.2 Å². The highest BCUT2D eigenvalue weighted by Crippen LogP contribution is 2.27. The third kappa shape index (κ3) is 4.00. The molecule has 0 spiro atoms. The number of carbonyl (C=O) groups excluding carboxylic acids is 2. The van der Waals surface area contributed by atoms with Crippen molar-refractivity contribution < 1.29 is 9.59 Å². The number of likely N-dealkylation sites (N-methyl/N-ethyl adjacent to an activating group) is 1. The van der Waals surface area contributed by atoms with Gasteiger partial charge in [0.1, 0.15) is 0 Å². The molecule has 3 unspecified atom stereocenters. The second-order valence-electron chi connectivity index (χ2n) is 5.19. The Morgan fingerprint density at radius 3 is 2.59 bits per heavy atom. The largest absolute Gasteiger partial charge is 0.347 e. The van der Waals surface area contributed by atoms with E-state index in [0.29, 0.717) is 5.92 Å². The number of hydrogen-bond donors (Lipinski definition) is 2. The Morgan fingerprint density at radius 1 is 1.35 bits per heavy atom. The van der Waals surface area contributed by atoms with Gasteiger partial charge in [0, 0.05) is 20.1 Å². The predicted molar refractivity (Wildman–Crippen MR) is 66.2 cm³/mol. The van der Waals surface area contributed by atoms with E-state index < -0.39 is 0 Å². The van der Waals surface area contributed by atoms with E-state index >= 15 is 0 Å². The summed E-state index contributed by atoms with van der Waals surface area (Å²) in [5.41, 5.74) is 5.95. The lowest BCUT2D eigenvalue weighted by Gasteiger charge is -2.31. The van der Waals surface area contributed by atoms with Crippen LogP contribution in [0.2, 0.25) is 0 Å². The van der Waals surface area contributed by atoms with Gasteiger partial charge in [-0.15, -0.1) is 0 Å². The quantitative estimate of drug-likeness (QED) is 0.727. The van der Waals surface area contributed by atoms with Crippen molar-refractivity contribution in [1.29, 1.82) is 0 Å². The van der Waals surface area contributed by atoms with Crippen LogP contribution in [0.15, 0.2) is 0 Å². The summed E-state index contributed by atoms with van der Waals surface area (Å²) in [7, 11) is 3.34. The standard InChI is InChI=1S/C12H23N3O2/c1-8-4-5-10(13)9(6-8)12(17)14-7-11(16)15(2)3/h8-10H,4-7,13H2,1-3H3,(H,14,17). The summed E-state index contributed by atoms with van der Waals surface area (Å²) >= 11 is 0. The van der Waals surface area contributed by atoms with Crippen LogP contribution in [-0.4, -0.2) is 43.4 Å². The first-order chi connectivity index (χ1) is 7.91. The second kappa shape index (κ2) is 6.00. The molecule has 0 bridgehead atoms. The van der Waals surface area contributed by atoms with Crippen LogP contribution in [0.25, 0.3) is 0 Å². The van der Waals surface area contributed by atoms with E-state index in [9.17, 15) is 9.59 Å². The Balaban J connectivity index is 2.43. The molecule has 0 aromatic rings. The van der Waals surface area contributed by atoms with Crippen LogP contribution in [0.4, 0.5) is 0 Å². The van der Waals surface area contributed by atoms with Gasteiger partial charge in [0.05, 0.1) is 12.5 Å². The molecule has 3 N–H and O–H groups in total. The summed E-state index contributed by atoms with van der Waals surface area (Å²) in [4.78, 5) is 24.7. The molecule has 3 atom stereocenters. The minimum absolute atomic E-state index is 0.0590. The van der Waals surface area contributed by atoms with Crippen LogP contribution in [-0.2, 0) is 9.59 Å². The molecule has 17 heavy (non-hydrogen) atoms. The van der Waals surface area contributed by atoms with E-state index in [1.54, 1.807) is 14.1 Å². The second-order valence-corrected chi connectivity index (χ2v) is 5.19. The molecule has 0 aliphatic heterocycles. The Kier molecular flexibility index (Phi) is 4.93. The minimum atomic E-state index is -0.145. The van der Waals surface area contributed by atoms with Crippen LogP contribution >= 0.6 is 0 Å². The van der Waals surface area contributed by atoms with Gasteiger partial charge in [-0.25, -0.2) is 0 Å². The number of rotatable bonds is 3. The number of nitrogens with one attached hydrogen (secondary N) is 1. The van der Waals surface area contributed by atoms with Crippen LogP contribution < -0.4 is 11.1 Å². The van der Waals surface area contributed by atoms with Gasteiger partial charge in [-0.05, 0) is 25.2 Å². The highest BCUT2D eigenvalue weighted by molar-refractivity contribution is 5.86. The summed E-state index contributed by atoms with van der Waals surface area (Å²) in [6, 6.07) is -0.0688. The molecule has 1 aliphatic rings. The average molecular weight is 241 g/mol. The van der Waals surface area contributed by atoms with E-state index in [4.69, 9.17) is 5.73 Å². The van der Waals surface area contributed by atoms with Gasteiger partial charge in [0.15, 0.2) is 0 Å². The maximum Gasteiger partial charge on any atom is 0.241 e. The first-order valence-corrected chi connectivity index (χ1v) is 6.15. The van der Waals surface area contributed by atoms with Crippen molar-refractivity contribution in [2.24, 2.45) is 17.6 Å². The number of nitrogens with two attached hydrogens (primary N) is 1. The van der Waals surface area contributed by atoms with Gasteiger partial charge >= 0.3 is 0 Å². The van der Waals surface area contributed by atoms with Crippen molar-refractivity contribution in [2.45, 2.75) is 32.2 Å². The van der Waals surface area contributed by atoms with Gasteiger partial charge in [-0.2, -0.15) is 0 Å². The minimum Gasteiger partial charge on any atom is -0.347 e. The van der Waals surface area contributed by atoms with Crippen LogP contribution in [0.3, 0.4) is 0 Å². The summed E-state index contributed by atoms with van der Waals surface area (Å²) in [6.45, 7) is 2.20. The molecule has 1 fully saturated rings. The number of carbonyl (C=O) groups is 2. The lowest BCUT2D eigenvalue weighted by Crippen LogP contribution is -2.47. The van der Waals surface area contributed by atoms with Gasteiger partial charge in [0.2, 0.25) is 11.8 Å². The SMILES string of the molecule is CC1CCC(N)C(C(=O)NCC(=O)N(C)C)C1. The van der Waals surface area contributed by atoms with E-state index in [1.807, 2.05) is 0 Å². The van der Waals surface area contributed by atoms with E-state index in [-0.39, 0.29) is 30.3 Å². The first kappa shape index (κ1) is 14.0. The van der Waals surface area contributed by atoms with Crippen LogP contribution in [0.5, 0.6) is 0 Å². The Hall–Kier alpha value is -1.10. The number of nitrogens with zero attached hydrogens (tertiary/aromatic N) is 1. The molecule has 0 saturated heterocycles. The van der Waals surface area contributed by atoms with Gasteiger partial charge in [-0.1, -0.05) is 6.92 Å². The Morgan fingerprint density at radius 2 is 2.00 bits per heavy atom. The predicted octanol–water partition coefficient (Wildman–Crippen LogP) is -0.0457. The summed E-state index contributed by atoms with van der Waals surface area (Å²) < 4.78 is 0. The lowest BCUT2D eigenvalue weighted by atomic mass is 9.79. The van der Waals surface area contributed by atoms with E-state index in [2.05, 4.69) is 12.2 Å². The molecule has 98 valence electrons. The summed E-state index contributed by atoms with van der Waals surface area (Å²) in [5.74, 6) is 0.207. The molecule has 0 aromatic heterocycles. The molecule has 5 nitrogen and oxygen atoms in total. The molecule has 1 aliphatic carbocycles. The monoisotopic (exact) mass is 241 g/mol. The van der Waals surface area contributed by atoms with E-state index in [1.165, 1.54) is 4.90 Å². The van der Waals surface area contributed by atoms with Gasteiger partial charge < -0.3 is 16.0 Å². The fraction of sp³-hybridized carbons (Fsp3) is 0.833. The zero-order chi connectivity index (χ0) is 13.0. The van der Waals surface area contributed by atoms with Crippen molar-refractivity contribution in [3.63, 3.8) is 0 Å². The molecule has 0 heterocycles. The molecular weight excluding hydrogens is 218 g/mol. The molecule has 5 heteroatoms. The van der Waals surface area contributed by atoms with Crippen molar-refractivity contribution >= 4 is 11.8 Å². The van der Waals surface area contributed by atoms with Crippen molar-refractivity contribution in [2.75, 3.05) is 20.6 Å². The molecule has 0 aromatic carbocycles. The molecule has 1 saturated carbocycles. The molecule has 1 rings (SSSR count). The Bertz CT molecular complexity index is 291.